The molecular weight excluding hydrogens is 290 g/mol. The molecular formula is C17H29N5O. The van der Waals surface area contributed by atoms with Crippen LogP contribution in [0.3, 0.4) is 0 Å². The fourth-order valence-corrected chi connectivity index (χ4v) is 2.65. The quantitative estimate of drug-likeness (QED) is 0.397. The van der Waals surface area contributed by atoms with E-state index in [1.807, 2.05) is 18.2 Å². The molecule has 3 N–H and O–H groups in total. The highest BCUT2D eigenvalue weighted by molar-refractivity contribution is 5.79. The Morgan fingerprint density at radius 2 is 2.17 bits per heavy atom. The molecule has 2 heterocycles. The molecule has 1 aromatic heterocycles. The van der Waals surface area contributed by atoms with E-state index in [1.54, 1.807) is 6.20 Å². The number of piperidine rings is 1. The van der Waals surface area contributed by atoms with Gasteiger partial charge in [-0.1, -0.05) is 6.07 Å². The molecule has 1 aromatic rings. The van der Waals surface area contributed by atoms with Crippen molar-refractivity contribution in [2.24, 2.45) is 4.99 Å². The Kier molecular flexibility index (Phi) is 7.83. The van der Waals surface area contributed by atoms with Gasteiger partial charge in [0, 0.05) is 32.4 Å². The van der Waals surface area contributed by atoms with Crippen molar-refractivity contribution in [3.63, 3.8) is 0 Å². The van der Waals surface area contributed by atoms with E-state index in [0.717, 1.165) is 63.6 Å². The zero-order valence-corrected chi connectivity index (χ0v) is 14.0. The molecule has 23 heavy (non-hydrogen) atoms. The van der Waals surface area contributed by atoms with E-state index >= 15 is 0 Å². The van der Waals surface area contributed by atoms with Crippen LogP contribution in [0.5, 0.6) is 0 Å². The maximum Gasteiger partial charge on any atom is 0.191 e. The lowest BCUT2D eigenvalue weighted by atomic mass is 10.1. The topological polar surface area (TPSA) is 72.8 Å². The van der Waals surface area contributed by atoms with Crippen molar-refractivity contribution in [3.8, 4) is 0 Å². The van der Waals surface area contributed by atoms with Crippen molar-refractivity contribution >= 4 is 5.96 Å². The summed E-state index contributed by atoms with van der Waals surface area (Å²) in [6, 6.07) is 5.88. The molecule has 1 saturated heterocycles. The van der Waals surface area contributed by atoms with Crippen LogP contribution in [0.25, 0.3) is 0 Å². The first-order valence-electron chi connectivity index (χ1n) is 8.60. The van der Waals surface area contributed by atoms with Crippen molar-refractivity contribution in [2.75, 3.05) is 32.7 Å². The summed E-state index contributed by atoms with van der Waals surface area (Å²) in [5.74, 6) is 0.840. The van der Waals surface area contributed by atoms with Gasteiger partial charge in [0.2, 0.25) is 0 Å². The van der Waals surface area contributed by atoms with Crippen molar-refractivity contribution in [3.05, 3.63) is 30.1 Å². The summed E-state index contributed by atoms with van der Waals surface area (Å²) < 4.78 is 0. The van der Waals surface area contributed by atoms with Crippen LogP contribution in [0.4, 0.5) is 0 Å². The van der Waals surface area contributed by atoms with Crippen LogP contribution in [-0.2, 0) is 6.54 Å². The summed E-state index contributed by atoms with van der Waals surface area (Å²) in [6.45, 7) is 7.48. The first-order valence-corrected chi connectivity index (χ1v) is 8.60. The number of hydrogen-bond acceptors (Lipinski definition) is 4. The van der Waals surface area contributed by atoms with E-state index in [9.17, 15) is 5.11 Å². The standard InChI is InChI=1S/C17H29N5O/c1-2-18-17(21-14-15-6-3-4-9-19-15)20-10-5-11-22-12-7-16(23)8-13-22/h3-4,6,9,16,23H,2,5,7-8,10-14H2,1H3,(H2,18,20,21). The molecule has 0 radical (unpaired) electrons. The minimum absolute atomic E-state index is 0.0940. The van der Waals surface area contributed by atoms with Gasteiger partial charge in [-0.05, 0) is 44.9 Å². The van der Waals surface area contributed by atoms with Crippen LogP contribution in [0, 0.1) is 0 Å². The van der Waals surface area contributed by atoms with Crippen molar-refractivity contribution in [1.29, 1.82) is 0 Å². The average Bonchev–Trinajstić information content (AvgIpc) is 2.59. The lowest BCUT2D eigenvalue weighted by Crippen LogP contribution is -2.40. The predicted molar refractivity (Wildman–Crippen MR) is 93.4 cm³/mol. The fourth-order valence-electron chi connectivity index (χ4n) is 2.65. The Bertz CT molecular complexity index is 457. The smallest absolute Gasteiger partial charge is 0.191 e. The Balaban J connectivity index is 1.67. The molecule has 0 amide bonds. The van der Waals surface area contributed by atoms with E-state index in [1.165, 1.54) is 0 Å². The molecule has 6 heteroatoms. The third-order valence-electron chi connectivity index (χ3n) is 3.97. The van der Waals surface area contributed by atoms with Crippen LogP contribution < -0.4 is 10.6 Å². The highest BCUT2D eigenvalue weighted by Gasteiger charge is 2.15. The largest absolute Gasteiger partial charge is 0.393 e. The number of nitrogens with one attached hydrogen (secondary N) is 2. The molecule has 1 fully saturated rings. The summed E-state index contributed by atoms with van der Waals surface area (Å²) in [6.07, 6.45) is 4.58. The number of rotatable bonds is 7. The first-order chi connectivity index (χ1) is 11.3. The van der Waals surface area contributed by atoms with Gasteiger partial charge in [-0.15, -0.1) is 0 Å². The van der Waals surface area contributed by atoms with E-state index in [0.29, 0.717) is 6.54 Å². The number of hydrogen-bond donors (Lipinski definition) is 3. The molecule has 128 valence electrons. The van der Waals surface area contributed by atoms with Gasteiger partial charge in [-0.3, -0.25) is 4.98 Å². The summed E-state index contributed by atoms with van der Waals surface area (Å²) in [7, 11) is 0. The van der Waals surface area contributed by atoms with Gasteiger partial charge in [-0.25, -0.2) is 4.99 Å². The normalized spacial score (nSPS) is 17.2. The van der Waals surface area contributed by atoms with E-state index < -0.39 is 0 Å². The number of nitrogens with zero attached hydrogens (tertiary/aromatic N) is 3. The Morgan fingerprint density at radius 3 is 2.87 bits per heavy atom. The zero-order chi connectivity index (χ0) is 16.3. The van der Waals surface area contributed by atoms with Crippen LogP contribution in [0.2, 0.25) is 0 Å². The van der Waals surface area contributed by atoms with Crippen molar-refractivity contribution in [2.45, 2.75) is 38.8 Å². The second-order valence-corrected chi connectivity index (χ2v) is 5.87. The van der Waals surface area contributed by atoms with Crippen molar-refractivity contribution in [1.82, 2.24) is 20.5 Å². The summed E-state index contributed by atoms with van der Waals surface area (Å²) in [4.78, 5) is 11.3. The molecule has 1 aliphatic heterocycles. The maximum absolute atomic E-state index is 9.52. The Labute approximate surface area is 139 Å². The molecule has 0 bridgehead atoms. The molecule has 1 aliphatic rings. The lowest BCUT2D eigenvalue weighted by molar-refractivity contribution is 0.0823. The maximum atomic E-state index is 9.52. The first kappa shape index (κ1) is 17.7. The second-order valence-electron chi connectivity index (χ2n) is 5.87. The molecule has 0 saturated carbocycles. The van der Waals surface area contributed by atoms with Gasteiger partial charge < -0.3 is 20.6 Å². The number of likely N-dealkylation sites (tertiary alicyclic amines) is 1. The molecule has 0 aliphatic carbocycles. The third kappa shape index (κ3) is 6.97. The Morgan fingerprint density at radius 1 is 1.35 bits per heavy atom. The fraction of sp³-hybridized carbons (Fsp3) is 0.647. The van der Waals surface area contributed by atoms with Crippen LogP contribution in [0.15, 0.2) is 29.4 Å². The molecule has 0 spiro atoms. The minimum Gasteiger partial charge on any atom is -0.393 e. The van der Waals surface area contributed by atoms with E-state index in [4.69, 9.17) is 0 Å². The molecule has 0 aromatic carbocycles. The van der Waals surface area contributed by atoms with Gasteiger partial charge >= 0.3 is 0 Å². The highest BCUT2D eigenvalue weighted by Crippen LogP contribution is 2.09. The number of guanidine groups is 1. The number of pyridine rings is 1. The van der Waals surface area contributed by atoms with Gasteiger partial charge in [0.1, 0.15) is 0 Å². The number of aliphatic imine (C=N–C) groups is 1. The van der Waals surface area contributed by atoms with E-state index in [2.05, 4.69) is 32.4 Å². The molecule has 0 unspecified atom stereocenters. The third-order valence-corrected chi connectivity index (χ3v) is 3.97. The van der Waals surface area contributed by atoms with Gasteiger partial charge in [0.25, 0.3) is 0 Å². The van der Waals surface area contributed by atoms with Crippen molar-refractivity contribution < 1.29 is 5.11 Å². The molecule has 6 nitrogen and oxygen atoms in total. The molecule has 0 atom stereocenters. The zero-order valence-electron chi connectivity index (χ0n) is 14.0. The van der Waals surface area contributed by atoms with Crippen LogP contribution in [0.1, 0.15) is 31.9 Å². The van der Waals surface area contributed by atoms with Gasteiger partial charge in [0.05, 0.1) is 18.3 Å². The summed E-state index contributed by atoms with van der Waals surface area (Å²) in [5.41, 5.74) is 0.969. The monoisotopic (exact) mass is 319 g/mol. The predicted octanol–water partition coefficient (Wildman–Crippen LogP) is 0.984. The Hall–Kier alpha value is -1.66. The van der Waals surface area contributed by atoms with E-state index in [-0.39, 0.29) is 6.10 Å². The number of aliphatic hydroxyl groups is 1. The summed E-state index contributed by atoms with van der Waals surface area (Å²) in [5, 5.41) is 16.2. The number of aliphatic hydroxyl groups excluding tert-OH is 1. The van der Waals surface area contributed by atoms with Crippen LogP contribution in [-0.4, -0.2) is 59.8 Å². The molecule has 2 rings (SSSR count). The number of aromatic nitrogens is 1. The highest BCUT2D eigenvalue weighted by atomic mass is 16.3. The lowest BCUT2D eigenvalue weighted by Gasteiger charge is -2.29. The van der Waals surface area contributed by atoms with Crippen LogP contribution >= 0.6 is 0 Å². The average molecular weight is 319 g/mol. The van der Waals surface area contributed by atoms with Gasteiger partial charge in [-0.2, -0.15) is 0 Å². The second kappa shape index (κ2) is 10.2. The van der Waals surface area contributed by atoms with Gasteiger partial charge in [0.15, 0.2) is 5.96 Å². The minimum atomic E-state index is -0.0940. The summed E-state index contributed by atoms with van der Waals surface area (Å²) >= 11 is 0. The SMILES string of the molecule is CCNC(=NCc1ccccn1)NCCCN1CCC(O)CC1.